The van der Waals surface area contributed by atoms with E-state index in [9.17, 15) is 4.79 Å². The summed E-state index contributed by atoms with van der Waals surface area (Å²) in [6.45, 7) is 3.81. The molecule has 0 amide bonds. The molecule has 0 fully saturated rings. The number of carbonyl (C=O) groups excluding carboxylic acids is 1. The quantitative estimate of drug-likeness (QED) is 0.424. The van der Waals surface area contributed by atoms with Crippen LogP contribution in [0.1, 0.15) is 42.2 Å². The Bertz CT molecular complexity index is 978. The van der Waals surface area contributed by atoms with Crippen LogP contribution in [0.25, 0.3) is 21.3 Å². The van der Waals surface area contributed by atoms with E-state index in [0.717, 1.165) is 21.0 Å². The van der Waals surface area contributed by atoms with Gasteiger partial charge in [0.15, 0.2) is 0 Å². The first-order valence-electron chi connectivity index (χ1n) is 9.12. The highest BCUT2D eigenvalue weighted by Crippen LogP contribution is 2.42. The van der Waals surface area contributed by atoms with Crippen molar-refractivity contribution in [3.8, 4) is 11.1 Å². The average Bonchev–Trinajstić information content (AvgIpc) is 2.97. The second kappa shape index (κ2) is 7.49. The Morgan fingerprint density at radius 3 is 2.81 bits per heavy atom. The standard InChI is InChI=1S/C21H22N2OS2/c1-13(24)9-10-25-20-19-18(14(2)26-21(19)23-12-22-20)17-8-7-15-5-3-4-6-16(15)11-17/h7-8,11-12H,3-6,9-10H2,1-2H3. The van der Waals surface area contributed by atoms with Crippen molar-refractivity contribution in [3.05, 3.63) is 40.5 Å². The molecule has 4 rings (SSSR count). The summed E-state index contributed by atoms with van der Waals surface area (Å²) in [5.41, 5.74) is 5.54. The number of carbonyl (C=O) groups is 1. The van der Waals surface area contributed by atoms with Crippen LogP contribution < -0.4 is 0 Å². The van der Waals surface area contributed by atoms with Gasteiger partial charge >= 0.3 is 0 Å². The summed E-state index contributed by atoms with van der Waals surface area (Å²) in [5, 5.41) is 2.15. The average molecular weight is 383 g/mol. The number of hydrogen-bond donors (Lipinski definition) is 0. The van der Waals surface area contributed by atoms with Gasteiger partial charge in [-0.3, -0.25) is 4.79 Å². The lowest BCUT2D eigenvalue weighted by Crippen LogP contribution is -2.02. The molecule has 134 valence electrons. The van der Waals surface area contributed by atoms with Crippen molar-refractivity contribution >= 4 is 39.1 Å². The van der Waals surface area contributed by atoms with Gasteiger partial charge in [0, 0.05) is 22.6 Å². The Kier molecular flexibility index (Phi) is 5.09. The molecule has 0 aliphatic heterocycles. The van der Waals surface area contributed by atoms with E-state index in [1.54, 1.807) is 36.3 Å². The minimum Gasteiger partial charge on any atom is -0.300 e. The fraction of sp³-hybridized carbons (Fsp3) is 0.381. The van der Waals surface area contributed by atoms with Gasteiger partial charge < -0.3 is 0 Å². The highest BCUT2D eigenvalue weighted by atomic mass is 32.2. The zero-order valence-electron chi connectivity index (χ0n) is 15.2. The summed E-state index contributed by atoms with van der Waals surface area (Å²) >= 11 is 3.40. The van der Waals surface area contributed by atoms with Gasteiger partial charge in [-0.05, 0) is 56.2 Å². The van der Waals surface area contributed by atoms with Gasteiger partial charge in [0.25, 0.3) is 0 Å². The molecule has 1 aliphatic carbocycles. The van der Waals surface area contributed by atoms with Gasteiger partial charge in [-0.2, -0.15) is 0 Å². The molecular formula is C21H22N2OS2. The summed E-state index contributed by atoms with van der Waals surface area (Å²) in [5.74, 6) is 0.985. The van der Waals surface area contributed by atoms with E-state index in [-0.39, 0.29) is 5.78 Å². The Hall–Kier alpha value is -1.72. The minimum atomic E-state index is 0.221. The molecule has 1 aliphatic rings. The predicted molar refractivity (Wildman–Crippen MR) is 110 cm³/mol. The van der Waals surface area contributed by atoms with Crippen LogP contribution in [0.15, 0.2) is 29.6 Å². The molecule has 0 bridgehead atoms. The number of Topliss-reactive ketones (excluding diaryl/α,β-unsaturated/α-hetero) is 1. The molecule has 3 aromatic rings. The molecule has 1 aromatic carbocycles. The number of aryl methyl sites for hydroxylation is 3. The number of rotatable bonds is 5. The Labute approximate surface area is 162 Å². The first kappa shape index (κ1) is 17.7. The Balaban J connectivity index is 1.79. The van der Waals surface area contributed by atoms with Crippen LogP contribution >= 0.6 is 23.1 Å². The molecule has 2 heterocycles. The van der Waals surface area contributed by atoms with Crippen molar-refractivity contribution in [2.45, 2.75) is 51.0 Å². The van der Waals surface area contributed by atoms with Gasteiger partial charge in [0.1, 0.15) is 22.0 Å². The molecule has 0 N–H and O–H groups in total. The summed E-state index contributed by atoms with van der Waals surface area (Å²) in [6.07, 6.45) is 7.19. The second-order valence-corrected chi connectivity index (χ2v) is 9.17. The highest BCUT2D eigenvalue weighted by molar-refractivity contribution is 7.99. The summed E-state index contributed by atoms with van der Waals surface area (Å²) in [7, 11) is 0. The van der Waals surface area contributed by atoms with Crippen LogP contribution in [0.3, 0.4) is 0 Å². The molecule has 3 nitrogen and oxygen atoms in total. The maximum absolute atomic E-state index is 11.3. The number of fused-ring (bicyclic) bond motifs is 2. The number of thiophene rings is 1. The van der Waals surface area contributed by atoms with Crippen molar-refractivity contribution in [1.29, 1.82) is 0 Å². The number of aromatic nitrogens is 2. The monoisotopic (exact) mass is 382 g/mol. The first-order valence-corrected chi connectivity index (χ1v) is 10.9. The van der Waals surface area contributed by atoms with Crippen molar-refractivity contribution in [2.75, 3.05) is 5.75 Å². The molecule has 0 atom stereocenters. The number of hydrogen-bond acceptors (Lipinski definition) is 5. The third kappa shape index (κ3) is 3.42. The number of benzene rings is 1. The highest BCUT2D eigenvalue weighted by Gasteiger charge is 2.18. The fourth-order valence-corrected chi connectivity index (χ4v) is 5.78. The molecule has 2 aromatic heterocycles. The van der Waals surface area contributed by atoms with Crippen molar-refractivity contribution in [1.82, 2.24) is 9.97 Å². The first-order chi connectivity index (χ1) is 12.6. The molecule has 0 unspecified atom stereocenters. The Morgan fingerprint density at radius 1 is 1.19 bits per heavy atom. The minimum absolute atomic E-state index is 0.221. The molecule has 26 heavy (non-hydrogen) atoms. The lowest BCUT2D eigenvalue weighted by Gasteiger charge is -2.17. The van der Waals surface area contributed by atoms with E-state index in [4.69, 9.17) is 0 Å². The van der Waals surface area contributed by atoms with Gasteiger partial charge in [0.05, 0.1) is 5.39 Å². The van der Waals surface area contributed by atoms with Crippen LogP contribution in [0.4, 0.5) is 0 Å². The molecule has 0 radical (unpaired) electrons. The number of thioether (sulfide) groups is 1. The van der Waals surface area contributed by atoms with Crippen LogP contribution in [0, 0.1) is 6.92 Å². The molecule has 5 heteroatoms. The van der Waals surface area contributed by atoms with Crippen molar-refractivity contribution in [2.24, 2.45) is 0 Å². The molecular weight excluding hydrogens is 360 g/mol. The largest absolute Gasteiger partial charge is 0.300 e. The summed E-state index contributed by atoms with van der Waals surface area (Å²) in [4.78, 5) is 22.6. The van der Waals surface area contributed by atoms with Gasteiger partial charge in [-0.15, -0.1) is 23.1 Å². The fourth-order valence-electron chi connectivity index (χ4n) is 3.66. The maximum atomic E-state index is 11.3. The van der Waals surface area contributed by atoms with Crippen LogP contribution in [-0.2, 0) is 17.6 Å². The van der Waals surface area contributed by atoms with Crippen LogP contribution in [0.2, 0.25) is 0 Å². The molecule has 0 saturated heterocycles. The van der Waals surface area contributed by atoms with Gasteiger partial charge in [0.2, 0.25) is 0 Å². The van der Waals surface area contributed by atoms with E-state index in [0.29, 0.717) is 6.42 Å². The van der Waals surface area contributed by atoms with E-state index in [1.807, 2.05) is 0 Å². The van der Waals surface area contributed by atoms with E-state index < -0.39 is 0 Å². The predicted octanol–water partition coefficient (Wildman–Crippen LogP) is 5.62. The summed E-state index contributed by atoms with van der Waals surface area (Å²) < 4.78 is 0. The maximum Gasteiger partial charge on any atom is 0.130 e. The second-order valence-electron chi connectivity index (χ2n) is 6.88. The third-order valence-electron chi connectivity index (χ3n) is 4.96. The van der Waals surface area contributed by atoms with Crippen LogP contribution in [0.5, 0.6) is 0 Å². The van der Waals surface area contributed by atoms with Crippen LogP contribution in [-0.4, -0.2) is 21.5 Å². The van der Waals surface area contributed by atoms with Crippen molar-refractivity contribution in [3.63, 3.8) is 0 Å². The van der Waals surface area contributed by atoms with Gasteiger partial charge in [-0.25, -0.2) is 9.97 Å². The topological polar surface area (TPSA) is 42.9 Å². The van der Waals surface area contributed by atoms with Crippen molar-refractivity contribution < 1.29 is 4.79 Å². The Morgan fingerprint density at radius 2 is 2.00 bits per heavy atom. The normalized spacial score (nSPS) is 13.8. The lowest BCUT2D eigenvalue weighted by atomic mass is 9.89. The van der Waals surface area contributed by atoms with E-state index in [1.165, 1.54) is 52.8 Å². The zero-order chi connectivity index (χ0) is 18.1. The van der Waals surface area contributed by atoms with Gasteiger partial charge in [-0.1, -0.05) is 18.2 Å². The van der Waals surface area contributed by atoms with E-state index >= 15 is 0 Å². The lowest BCUT2D eigenvalue weighted by molar-refractivity contribution is -0.116. The molecule has 0 spiro atoms. The summed E-state index contributed by atoms with van der Waals surface area (Å²) in [6, 6.07) is 6.94. The van der Waals surface area contributed by atoms with E-state index in [2.05, 4.69) is 35.1 Å². The number of nitrogens with zero attached hydrogens (tertiary/aromatic N) is 2. The third-order valence-corrected chi connectivity index (χ3v) is 6.96. The number of ketones is 1. The zero-order valence-corrected chi connectivity index (χ0v) is 16.8. The molecule has 0 saturated carbocycles. The SMILES string of the molecule is CC(=O)CCSc1ncnc2sc(C)c(-c3ccc4c(c3)CCCC4)c12. The smallest absolute Gasteiger partial charge is 0.130 e.